The van der Waals surface area contributed by atoms with Gasteiger partial charge in [-0.2, -0.15) is 0 Å². The van der Waals surface area contributed by atoms with Gasteiger partial charge in [0, 0.05) is 16.9 Å². The molecule has 0 aromatic heterocycles. The van der Waals surface area contributed by atoms with Crippen LogP contribution in [-0.2, 0) is 14.4 Å². The number of ether oxygens (including phenoxy) is 1. The molecule has 0 radical (unpaired) electrons. The van der Waals surface area contributed by atoms with E-state index in [1.54, 1.807) is 6.92 Å². The van der Waals surface area contributed by atoms with Crippen LogP contribution in [0.1, 0.15) is 25.8 Å². The molecule has 4 heteroatoms. The molecule has 1 unspecified atom stereocenters. The number of carbonyl (C=O) groups is 1. The van der Waals surface area contributed by atoms with Crippen molar-refractivity contribution < 1.29 is 9.53 Å². The van der Waals surface area contributed by atoms with Crippen LogP contribution < -0.4 is 5.32 Å². The van der Waals surface area contributed by atoms with Gasteiger partial charge >= 0.3 is 5.97 Å². The van der Waals surface area contributed by atoms with Crippen LogP contribution >= 0.6 is 11.6 Å². The van der Waals surface area contributed by atoms with Crippen LogP contribution in [0.5, 0.6) is 0 Å². The number of rotatable bonds is 6. The first-order valence-corrected chi connectivity index (χ1v) is 7.77. The predicted molar refractivity (Wildman–Crippen MR) is 90.6 cm³/mol. The van der Waals surface area contributed by atoms with Gasteiger partial charge in [-0.25, -0.2) is 4.79 Å². The van der Waals surface area contributed by atoms with Crippen molar-refractivity contribution in [2.75, 3.05) is 11.9 Å². The molecular formula is C18H20ClNO2. The summed E-state index contributed by atoms with van der Waals surface area (Å²) in [5.41, 5.74) is 2.47. The fourth-order valence-electron chi connectivity index (χ4n) is 2.30. The van der Waals surface area contributed by atoms with Gasteiger partial charge in [-0.05, 0) is 31.5 Å². The van der Waals surface area contributed by atoms with Crippen LogP contribution in [0.25, 0.3) is 0 Å². The van der Waals surface area contributed by atoms with Crippen molar-refractivity contribution in [3.8, 4) is 0 Å². The third kappa shape index (κ3) is 3.42. The maximum Gasteiger partial charge on any atom is 0.331 e. The molecule has 0 spiro atoms. The summed E-state index contributed by atoms with van der Waals surface area (Å²) in [5.74, 6) is -0.415. The van der Waals surface area contributed by atoms with Crippen LogP contribution in [0.2, 0.25) is 0 Å². The summed E-state index contributed by atoms with van der Waals surface area (Å²) < 4.78 is 5.16. The highest BCUT2D eigenvalue weighted by atomic mass is 35.5. The summed E-state index contributed by atoms with van der Waals surface area (Å²) in [5, 5.41) is 3.32. The molecule has 0 saturated heterocycles. The molecule has 2 aromatic carbocycles. The molecule has 0 aliphatic heterocycles. The lowest BCUT2D eigenvalue weighted by Crippen LogP contribution is -2.32. The molecule has 0 aliphatic rings. The molecule has 1 atom stereocenters. The van der Waals surface area contributed by atoms with Gasteiger partial charge in [0.05, 0.1) is 6.61 Å². The first-order chi connectivity index (χ1) is 10.6. The van der Waals surface area contributed by atoms with E-state index in [9.17, 15) is 4.79 Å². The molecule has 116 valence electrons. The summed E-state index contributed by atoms with van der Waals surface area (Å²) in [6.45, 7) is 3.96. The molecule has 0 fully saturated rings. The van der Waals surface area contributed by atoms with E-state index >= 15 is 0 Å². The molecule has 0 bridgehead atoms. The van der Waals surface area contributed by atoms with Crippen molar-refractivity contribution in [2.45, 2.75) is 25.1 Å². The van der Waals surface area contributed by atoms with Crippen molar-refractivity contribution >= 4 is 28.9 Å². The number of nitrogens with one attached hydrogen (secondary N) is 1. The van der Waals surface area contributed by atoms with E-state index in [0.717, 1.165) is 16.9 Å². The summed E-state index contributed by atoms with van der Waals surface area (Å²) in [6, 6.07) is 17.3. The minimum absolute atomic E-state index is 0.307. The molecule has 3 nitrogen and oxygen atoms in total. The fraction of sp³-hybridized carbons (Fsp3) is 0.278. The summed E-state index contributed by atoms with van der Waals surface area (Å²) >= 11 is 6.64. The van der Waals surface area contributed by atoms with Crippen LogP contribution in [0.3, 0.4) is 0 Å². The van der Waals surface area contributed by atoms with Gasteiger partial charge in [0.1, 0.15) is 0 Å². The molecule has 22 heavy (non-hydrogen) atoms. The first-order valence-electron chi connectivity index (χ1n) is 7.39. The standard InChI is InChI=1S/C18H20ClNO2/c1-3-18(19,17(21)22-4-2)15-12-8-9-13-16(15)20-14-10-6-5-7-11-14/h5-13,20H,3-4H2,1-2H3. The van der Waals surface area contributed by atoms with E-state index in [0.29, 0.717) is 13.0 Å². The average molecular weight is 318 g/mol. The van der Waals surface area contributed by atoms with Gasteiger partial charge in [-0.15, -0.1) is 11.6 Å². The Morgan fingerprint density at radius 3 is 2.36 bits per heavy atom. The van der Waals surface area contributed by atoms with Gasteiger partial charge in [0.15, 0.2) is 4.87 Å². The van der Waals surface area contributed by atoms with Crippen molar-refractivity contribution in [3.63, 3.8) is 0 Å². The second kappa shape index (κ2) is 7.32. The summed E-state index contributed by atoms with van der Waals surface area (Å²) in [4.78, 5) is 11.1. The fourth-order valence-corrected chi connectivity index (χ4v) is 2.52. The number of anilines is 2. The Hall–Kier alpha value is -2.00. The van der Waals surface area contributed by atoms with Crippen molar-refractivity contribution in [2.24, 2.45) is 0 Å². The van der Waals surface area contributed by atoms with E-state index in [1.165, 1.54) is 0 Å². The summed E-state index contributed by atoms with van der Waals surface area (Å²) in [6.07, 6.45) is 0.445. The van der Waals surface area contributed by atoms with Crippen molar-refractivity contribution in [3.05, 3.63) is 60.2 Å². The topological polar surface area (TPSA) is 38.3 Å². The Kier molecular flexibility index (Phi) is 5.45. The van der Waals surface area contributed by atoms with Crippen LogP contribution in [0.4, 0.5) is 11.4 Å². The SMILES string of the molecule is CCOC(=O)C(Cl)(CC)c1ccccc1Nc1ccccc1. The molecule has 0 saturated carbocycles. The molecule has 0 heterocycles. The van der Waals surface area contributed by atoms with E-state index in [-0.39, 0.29) is 0 Å². The Morgan fingerprint density at radius 1 is 1.09 bits per heavy atom. The highest BCUT2D eigenvalue weighted by Crippen LogP contribution is 2.39. The van der Waals surface area contributed by atoms with E-state index in [2.05, 4.69) is 5.32 Å². The maximum absolute atomic E-state index is 12.3. The van der Waals surface area contributed by atoms with Crippen molar-refractivity contribution in [1.29, 1.82) is 0 Å². The number of hydrogen-bond acceptors (Lipinski definition) is 3. The largest absolute Gasteiger partial charge is 0.464 e. The number of alkyl halides is 1. The van der Waals surface area contributed by atoms with E-state index in [4.69, 9.17) is 16.3 Å². The highest BCUT2D eigenvalue weighted by Gasteiger charge is 2.39. The minimum atomic E-state index is -1.19. The lowest BCUT2D eigenvalue weighted by Gasteiger charge is -2.26. The first kappa shape index (κ1) is 16.4. The van der Waals surface area contributed by atoms with E-state index < -0.39 is 10.8 Å². The number of para-hydroxylation sites is 2. The lowest BCUT2D eigenvalue weighted by atomic mass is 9.93. The minimum Gasteiger partial charge on any atom is -0.464 e. The molecule has 2 aromatic rings. The normalized spacial score (nSPS) is 13.2. The third-order valence-corrected chi connectivity index (χ3v) is 4.12. The van der Waals surface area contributed by atoms with Crippen LogP contribution in [0.15, 0.2) is 54.6 Å². The van der Waals surface area contributed by atoms with Gasteiger partial charge in [0.25, 0.3) is 0 Å². The van der Waals surface area contributed by atoms with Gasteiger partial charge in [-0.1, -0.05) is 43.3 Å². The molecule has 0 aliphatic carbocycles. The number of halogens is 1. The number of esters is 1. The Balaban J connectivity index is 2.40. The number of hydrogen-bond donors (Lipinski definition) is 1. The molecule has 1 N–H and O–H groups in total. The third-order valence-electron chi connectivity index (χ3n) is 3.49. The van der Waals surface area contributed by atoms with Gasteiger partial charge in [0.2, 0.25) is 0 Å². The van der Waals surface area contributed by atoms with Crippen LogP contribution in [-0.4, -0.2) is 12.6 Å². The predicted octanol–water partition coefficient (Wildman–Crippen LogP) is 4.84. The van der Waals surface area contributed by atoms with Gasteiger partial charge < -0.3 is 10.1 Å². The van der Waals surface area contributed by atoms with Crippen LogP contribution in [0, 0.1) is 0 Å². The Morgan fingerprint density at radius 2 is 1.73 bits per heavy atom. The smallest absolute Gasteiger partial charge is 0.331 e. The van der Waals surface area contributed by atoms with Crippen molar-refractivity contribution in [1.82, 2.24) is 0 Å². The molecule has 2 rings (SSSR count). The number of benzene rings is 2. The molecular weight excluding hydrogens is 298 g/mol. The Bertz CT molecular complexity index is 630. The second-order valence-electron chi connectivity index (χ2n) is 4.91. The monoisotopic (exact) mass is 317 g/mol. The zero-order valence-corrected chi connectivity index (χ0v) is 13.6. The summed E-state index contributed by atoms with van der Waals surface area (Å²) in [7, 11) is 0. The highest BCUT2D eigenvalue weighted by molar-refractivity contribution is 6.34. The van der Waals surface area contributed by atoms with E-state index in [1.807, 2.05) is 61.5 Å². The molecule has 0 amide bonds. The number of carbonyl (C=O) groups excluding carboxylic acids is 1. The lowest BCUT2D eigenvalue weighted by molar-refractivity contribution is -0.146. The average Bonchev–Trinajstić information content (AvgIpc) is 2.56. The Labute approximate surface area is 136 Å². The maximum atomic E-state index is 12.3. The second-order valence-corrected chi connectivity index (χ2v) is 5.56. The zero-order valence-electron chi connectivity index (χ0n) is 12.8. The quantitative estimate of drug-likeness (QED) is 0.612. The van der Waals surface area contributed by atoms with Gasteiger partial charge in [-0.3, -0.25) is 0 Å². The zero-order chi connectivity index (χ0) is 16.0.